The number of hydrogen-bond donors (Lipinski definition) is 1. The Hall–Kier alpha value is -1.11. The molecule has 1 atom stereocenters. The quantitative estimate of drug-likeness (QED) is 0.710. The SMILES string of the molecule is CCCCNCCCN1C(=O)CSC1c1ccc2c(c1)OCO2.Cl. The molecule has 0 aromatic heterocycles. The molecule has 1 amide bonds. The van der Waals surface area contributed by atoms with E-state index < -0.39 is 0 Å². The molecule has 24 heavy (non-hydrogen) atoms. The molecule has 1 aromatic rings. The maximum Gasteiger partial charge on any atom is 0.233 e. The number of nitrogens with one attached hydrogen (secondary N) is 1. The van der Waals surface area contributed by atoms with E-state index in [1.165, 1.54) is 12.8 Å². The van der Waals surface area contributed by atoms with Gasteiger partial charge in [-0.05, 0) is 43.6 Å². The third-order valence-electron chi connectivity index (χ3n) is 4.11. The van der Waals surface area contributed by atoms with Crippen LogP contribution in [0.2, 0.25) is 0 Å². The molecule has 1 fully saturated rings. The lowest BCUT2D eigenvalue weighted by atomic mass is 10.1. The van der Waals surface area contributed by atoms with Crippen molar-refractivity contribution in [1.29, 1.82) is 0 Å². The minimum absolute atomic E-state index is 0. The zero-order chi connectivity index (χ0) is 16.1. The third-order valence-corrected chi connectivity index (χ3v) is 5.37. The Balaban J connectivity index is 0.00000208. The lowest BCUT2D eigenvalue weighted by molar-refractivity contribution is -0.128. The van der Waals surface area contributed by atoms with E-state index in [4.69, 9.17) is 9.47 Å². The first kappa shape index (κ1) is 19.2. The molecule has 0 radical (unpaired) electrons. The number of carbonyl (C=O) groups is 1. The summed E-state index contributed by atoms with van der Waals surface area (Å²) in [6.07, 6.45) is 3.40. The summed E-state index contributed by atoms with van der Waals surface area (Å²) in [7, 11) is 0. The maximum absolute atomic E-state index is 12.2. The second-order valence-corrected chi connectivity index (χ2v) is 6.89. The second-order valence-electron chi connectivity index (χ2n) is 5.82. The average Bonchev–Trinajstić information content (AvgIpc) is 3.17. The van der Waals surface area contributed by atoms with Crippen LogP contribution in [0.3, 0.4) is 0 Å². The number of carbonyl (C=O) groups excluding carboxylic acids is 1. The van der Waals surface area contributed by atoms with E-state index in [-0.39, 0.29) is 30.5 Å². The Labute approximate surface area is 153 Å². The Kier molecular flexibility index (Phi) is 7.52. The second kappa shape index (κ2) is 9.39. The van der Waals surface area contributed by atoms with Crippen molar-refractivity contribution in [1.82, 2.24) is 10.2 Å². The minimum Gasteiger partial charge on any atom is -0.454 e. The largest absolute Gasteiger partial charge is 0.454 e. The summed E-state index contributed by atoms with van der Waals surface area (Å²) in [5, 5.41) is 3.52. The number of halogens is 1. The number of amides is 1. The van der Waals surface area contributed by atoms with Crippen LogP contribution >= 0.6 is 24.2 Å². The number of hydrogen-bond acceptors (Lipinski definition) is 5. The lowest BCUT2D eigenvalue weighted by Crippen LogP contribution is -2.31. The molecule has 2 aliphatic heterocycles. The normalized spacial score (nSPS) is 18.8. The van der Waals surface area contributed by atoms with Crippen LogP contribution in [0.4, 0.5) is 0 Å². The molecule has 2 heterocycles. The van der Waals surface area contributed by atoms with Crippen molar-refractivity contribution in [2.75, 3.05) is 32.2 Å². The highest BCUT2D eigenvalue weighted by molar-refractivity contribution is 8.00. The van der Waals surface area contributed by atoms with Crippen LogP contribution in [0.25, 0.3) is 0 Å². The van der Waals surface area contributed by atoms with Gasteiger partial charge < -0.3 is 19.7 Å². The summed E-state index contributed by atoms with van der Waals surface area (Å²) in [4.78, 5) is 14.2. The zero-order valence-corrected chi connectivity index (χ0v) is 15.6. The number of nitrogens with zero attached hydrogens (tertiary/aromatic N) is 1. The predicted octanol–water partition coefficient (Wildman–Crippen LogP) is 3.19. The Morgan fingerprint density at radius 1 is 1.25 bits per heavy atom. The molecule has 1 saturated heterocycles. The molecule has 7 heteroatoms. The van der Waals surface area contributed by atoms with Crippen LogP contribution in [0.15, 0.2) is 18.2 Å². The molecule has 1 aromatic carbocycles. The van der Waals surface area contributed by atoms with E-state index in [0.29, 0.717) is 5.75 Å². The van der Waals surface area contributed by atoms with Crippen LogP contribution in [0.1, 0.15) is 37.1 Å². The van der Waals surface area contributed by atoms with Crippen LogP contribution in [-0.4, -0.2) is 43.0 Å². The topological polar surface area (TPSA) is 50.8 Å². The molecule has 0 aliphatic carbocycles. The highest BCUT2D eigenvalue weighted by Gasteiger charge is 2.33. The van der Waals surface area contributed by atoms with Crippen molar-refractivity contribution in [3.63, 3.8) is 0 Å². The summed E-state index contributed by atoms with van der Waals surface area (Å²) in [6.45, 7) is 5.29. The van der Waals surface area contributed by atoms with Gasteiger partial charge in [0.05, 0.1) is 5.75 Å². The molecule has 0 saturated carbocycles. The van der Waals surface area contributed by atoms with E-state index in [2.05, 4.69) is 12.2 Å². The average molecular weight is 373 g/mol. The van der Waals surface area contributed by atoms with Gasteiger partial charge in [-0.15, -0.1) is 24.2 Å². The number of benzene rings is 1. The molecule has 0 spiro atoms. The van der Waals surface area contributed by atoms with E-state index in [1.807, 2.05) is 23.1 Å². The fourth-order valence-corrected chi connectivity index (χ4v) is 4.05. The maximum atomic E-state index is 12.2. The first-order valence-corrected chi connectivity index (χ1v) is 9.36. The smallest absolute Gasteiger partial charge is 0.233 e. The van der Waals surface area contributed by atoms with Crippen molar-refractivity contribution >= 4 is 30.1 Å². The van der Waals surface area contributed by atoms with Crippen molar-refractivity contribution in [3.05, 3.63) is 23.8 Å². The van der Waals surface area contributed by atoms with Crippen molar-refractivity contribution in [2.24, 2.45) is 0 Å². The first-order valence-electron chi connectivity index (χ1n) is 8.31. The van der Waals surface area contributed by atoms with Crippen LogP contribution < -0.4 is 14.8 Å². The summed E-state index contributed by atoms with van der Waals surface area (Å²) >= 11 is 1.69. The zero-order valence-electron chi connectivity index (χ0n) is 14.0. The summed E-state index contributed by atoms with van der Waals surface area (Å²) in [5.74, 6) is 2.35. The van der Waals surface area contributed by atoms with E-state index >= 15 is 0 Å². The standard InChI is InChI=1S/C17H24N2O3S.ClH/c1-2-3-7-18-8-4-9-19-16(20)11-23-17(19)13-5-6-14-15(10-13)22-12-21-14;/h5-6,10,17-18H,2-4,7-9,11-12H2,1H3;1H. The van der Waals surface area contributed by atoms with E-state index in [0.717, 1.165) is 43.1 Å². The molecule has 0 bridgehead atoms. The van der Waals surface area contributed by atoms with Gasteiger partial charge in [-0.3, -0.25) is 4.79 Å². The van der Waals surface area contributed by atoms with Gasteiger partial charge in [0.1, 0.15) is 5.37 Å². The van der Waals surface area contributed by atoms with Gasteiger partial charge in [0.15, 0.2) is 11.5 Å². The number of unbranched alkanes of at least 4 members (excludes halogenated alkanes) is 1. The van der Waals surface area contributed by atoms with Gasteiger partial charge in [0.25, 0.3) is 0 Å². The predicted molar refractivity (Wildman–Crippen MR) is 99.1 cm³/mol. The van der Waals surface area contributed by atoms with E-state index in [1.54, 1.807) is 11.8 Å². The van der Waals surface area contributed by atoms with Crippen LogP contribution in [-0.2, 0) is 4.79 Å². The van der Waals surface area contributed by atoms with Gasteiger partial charge in [-0.2, -0.15) is 0 Å². The fraction of sp³-hybridized carbons (Fsp3) is 0.588. The molecule has 1 unspecified atom stereocenters. The number of ether oxygens (including phenoxy) is 2. The van der Waals surface area contributed by atoms with Gasteiger partial charge >= 0.3 is 0 Å². The molecular weight excluding hydrogens is 348 g/mol. The van der Waals surface area contributed by atoms with Crippen molar-refractivity contribution in [3.8, 4) is 11.5 Å². The van der Waals surface area contributed by atoms with Gasteiger partial charge in [0, 0.05) is 6.54 Å². The molecule has 3 rings (SSSR count). The highest BCUT2D eigenvalue weighted by Crippen LogP contribution is 2.42. The van der Waals surface area contributed by atoms with Crippen LogP contribution in [0, 0.1) is 0 Å². The number of fused-ring (bicyclic) bond motifs is 1. The Morgan fingerprint density at radius 3 is 2.88 bits per heavy atom. The van der Waals surface area contributed by atoms with Gasteiger partial charge in [-0.1, -0.05) is 19.4 Å². The van der Waals surface area contributed by atoms with Crippen LogP contribution in [0.5, 0.6) is 11.5 Å². The van der Waals surface area contributed by atoms with E-state index in [9.17, 15) is 4.79 Å². The summed E-state index contributed by atoms with van der Waals surface area (Å²) in [5.41, 5.74) is 1.11. The van der Waals surface area contributed by atoms with Crippen molar-refractivity contribution < 1.29 is 14.3 Å². The number of thioether (sulfide) groups is 1. The minimum atomic E-state index is 0. The highest BCUT2D eigenvalue weighted by atomic mass is 35.5. The third kappa shape index (κ3) is 4.49. The fourth-order valence-electron chi connectivity index (χ4n) is 2.84. The molecule has 2 aliphatic rings. The molecular formula is C17H25ClN2O3S. The van der Waals surface area contributed by atoms with Gasteiger partial charge in [-0.25, -0.2) is 0 Å². The Morgan fingerprint density at radius 2 is 2.04 bits per heavy atom. The molecule has 5 nitrogen and oxygen atoms in total. The van der Waals surface area contributed by atoms with Gasteiger partial charge in [0.2, 0.25) is 12.7 Å². The molecule has 134 valence electrons. The lowest BCUT2D eigenvalue weighted by Gasteiger charge is -2.24. The molecule has 1 N–H and O–H groups in total. The first-order chi connectivity index (χ1) is 11.3. The summed E-state index contributed by atoms with van der Waals surface area (Å²) < 4.78 is 10.8. The number of rotatable bonds is 8. The Bertz CT molecular complexity index is 559. The summed E-state index contributed by atoms with van der Waals surface area (Å²) in [6, 6.07) is 5.98. The monoisotopic (exact) mass is 372 g/mol. The van der Waals surface area contributed by atoms with Crippen molar-refractivity contribution in [2.45, 2.75) is 31.6 Å².